The van der Waals surface area contributed by atoms with Crippen LogP contribution in [0.15, 0.2) is 54.2 Å². The first-order valence-electron chi connectivity index (χ1n) is 8.86. The van der Waals surface area contributed by atoms with Crippen LogP contribution in [0.4, 0.5) is 22.7 Å². The third-order valence-corrected chi connectivity index (χ3v) is 4.46. The molecule has 2 aromatic rings. The number of nitro groups is 1. The predicted octanol–water partition coefficient (Wildman–Crippen LogP) is 4.55. The SMILES string of the molecule is CCN(CC)c1ccc(N/C=C(/C#N)C(=O)Nc2ccc(Cl)c([N+](=O)[O-])c2)cc1. The Morgan fingerprint density at radius 3 is 2.38 bits per heavy atom. The zero-order chi connectivity index (χ0) is 21.4. The summed E-state index contributed by atoms with van der Waals surface area (Å²) in [6.07, 6.45) is 1.28. The predicted molar refractivity (Wildman–Crippen MR) is 114 cm³/mol. The second-order valence-corrected chi connectivity index (χ2v) is 6.32. The number of benzene rings is 2. The van der Waals surface area contributed by atoms with Crippen LogP contribution in [0.25, 0.3) is 0 Å². The van der Waals surface area contributed by atoms with E-state index in [4.69, 9.17) is 11.6 Å². The summed E-state index contributed by atoms with van der Waals surface area (Å²) in [5.74, 6) is -0.698. The van der Waals surface area contributed by atoms with Gasteiger partial charge in [0.05, 0.1) is 4.92 Å². The van der Waals surface area contributed by atoms with Gasteiger partial charge in [-0.1, -0.05) is 11.6 Å². The number of halogens is 1. The van der Waals surface area contributed by atoms with E-state index in [9.17, 15) is 20.2 Å². The maximum atomic E-state index is 12.3. The molecule has 150 valence electrons. The molecular formula is C20H20ClN5O3. The Labute approximate surface area is 173 Å². The largest absolute Gasteiger partial charge is 0.372 e. The quantitative estimate of drug-likeness (QED) is 0.284. The molecule has 1 amide bonds. The van der Waals surface area contributed by atoms with Crippen molar-refractivity contribution in [2.24, 2.45) is 0 Å². The highest BCUT2D eigenvalue weighted by Crippen LogP contribution is 2.27. The van der Waals surface area contributed by atoms with Crippen LogP contribution in [0.3, 0.4) is 0 Å². The van der Waals surface area contributed by atoms with Gasteiger partial charge in [-0.25, -0.2) is 0 Å². The maximum Gasteiger partial charge on any atom is 0.289 e. The van der Waals surface area contributed by atoms with Crippen molar-refractivity contribution in [1.82, 2.24) is 0 Å². The second-order valence-electron chi connectivity index (χ2n) is 5.91. The molecule has 2 aromatic carbocycles. The second kappa shape index (κ2) is 10.1. The van der Waals surface area contributed by atoms with E-state index in [1.165, 1.54) is 18.3 Å². The van der Waals surface area contributed by atoms with Gasteiger partial charge in [0, 0.05) is 42.4 Å². The average molecular weight is 414 g/mol. The number of nitrogens with zero attached hydrogens (tertiary/aromatic N) is 3. The molecule has 2 N–H and O–H groups in total. The lowest BCUT2D eigenvalue weighted by molar-refractivity contribution is -0.384. The van der Waals surface area contributed by atoms with E-state index in [1.807, 2.05) is 30.3 Å². The third-order valence-electron chi connectivity index (χ3n) is 4.14. The van der Waals surface area contributed by atoms with Crippen LogP contribution in [-0.4, -0.2) is 23.9 Å². The van der Waals surface area contributed by atoms with Gasteiger partial charge < -0.3 is 15.5 Å². The minimum Gasteiger partial charge on any atom is -0.372 e. The molecule has 2 rings (SSSR count). The number of carbonyl (C=O) groups is 1. The number of anilines is 3. The first-order valence-corrected chi connectivity index (χ1v) is 9.24. The Morgan fingerprint density at radius 1 is 1.21 bits per heavy atom. The molecule has 8 nitrogen and oxygen atoms in total. The topological polar surface area (TPSA) is 111 Å². The van der Waals surface area contributed by atoms with Gasteiger partial charge in [-0.3, -0.25) is 14.9 Å². The maximum absolute atomic E-state index is 12.3. The molecule has 0 aromatic heterocycles. The summed E-state index contributed by atoms with van der Waals surface area (Å²) >= 11 is 5.75. The normalized spacial score (nSPS) is 10.8. The third kappa shape index (κ3) is 5.70. The van der Waals surface area contributed by atoms with Crippen LogP contribution in [0, 0.1) is 21.4 Å². The molecule has 0 aliphatic carbocycles. The van der Waals surface area contributed by atoms with E-state index in [0.717, 1.165) is 24.8 Å². The number of nitriles is 1. The number of rotatable bonds is 8. The van der Waals surface area contributed by atoms with Crippen molar-refractivity contribution >= 4 is 40.3 Å². The molecule has 0 radical (unpaired) electrons. The van der Waals surface area contributed by atoms with E-state index in [1.54, 1.807) is 0 Å². The minimum absolute atomic E-state index is 0.0427. The van der Waals surface area contributed by atoms with Crippen LogP contribution >= 0.6 is 11.6 Å². The minimum atomic E-state index is -0.698. The van der Waals surface area contributed by atoms with E-state index in [-0.39, 0.29) is 22.0 Å². The highest BCUT2D eigenvalue weighted by Gasteiger charge is 2.15. The summed E-state index contributed by atoms with van der Waals surface area (Å²) in [5.41, 5.74) is 1.43. The number of nitrogens with one attached hydrogen (secondary N) is 2. The van der Waals surface area contributed by atoms with E-state index in [0.29, 0.717) is 5.69 Å². The summed E-state index contributed by atoms with van der Waals surface area (Å²) in [4.78, 5) is 24.8. The number of hydrogen-bond donors (Lipinski definition) is 2. The standard InChI is InChI=1S/C20H20ClN5O3/c1-3-25(4-2)17-8-5-15(6-9-17)23-13-14(12-22)20(27)24-16-7-10-18(21)19(11-16)26(28)29/h5-11,13,23H,3-4H2,1-2H3,(H,24,27)/b14-13-. The molecule has 0 aliphatic rings. The first kappa shape index (κ1) is 21.7. The van der Waals surface area contributed by atoms with Gasteiger partial charge in [-0.05, 0) is 50.2 Å². The molecular weight excluding hydrogens is 394 g/mol. The molecule has 0 spiro atoms. The molecule has 29 heavy (non-hydrogen) atoms. The Balaban J connectivity index is 2.10. The van der Waals surface area contributed by atoms with Crippen molar-refractivity contribution in [2.45, 2.75) is 13.8 Å². The van der Waals surface area contributed by atoms with Gasteiger partial charge in [-0.2, -0.15) is 5.26 Å². The van der Waals surface area contributed by atoms with Crippen molar-refractivity contribution in [3.63, 3.8) is 0 Å². The van der Waals surface area contributed by atoms with Crippen molar-refractivity contribution in [3.8, 4) is 6.07 Å². The molecule has 0 atom stereocenters. The van der Waals surface area contributed by atoms with E-state index >= 15 is 0 Å². The van der Waals surface area contributed by atoms with Gasteiger partial charge in [0.2, 0.25) is 0 Å². The zero-order valence-corrected chi connectivity index (χ0v) is 16.7. The molecule has 0 bridgehead atoms. The fraction of sp³-hybridized carbons (Fsp3) is 0.200. The Bertz CT molecular complexity index is 963. The lowest BCUT2D eigenvalue weighted by Gasteiger charge is -2.21. The lowest BCUT2D eigenvalue weighted by Crippen LogP contribution is -2.21. The summed E-state index contributed by atoms with van der Waals surface area (Å²) in [6, 6.07) is 13.3. The highest BCUT2D eigenvalue weighted by molar-refractivity contribution is 6.32. The zero-order valence-electron chi connectivity index (χ0n) is 16.0. The summed E-state index contributed by atoms with van der Waals surface area (Å²) in [6.45, 7) is 5.94. The van der Waals surface area contributed by atoms with Crippen molar-refractivity contribution in [3.05, 3.63) is 69.4 Å². The first-order chi connectivity index (χ1) is 13.9. The van der Waals surface area contributed by atoms with Crippen LogP contribution in [0.5, 0.6) is 0 Å². The van der Waals surface area contributed by atoms with Crippen LogP contribution in [0.2, 0.25) is 5.02 Å². The fourth-order valence-corrected chi connectivity index (χ4v) is 2.78. The molecule has 0 saturated heterocycles. The van der Waals surface area contributed by atoms with Crippen LogP contribution in [0.1, 0.15) is 13.8 Å². The van der Waals surface area contributed by atoms with Gasteiger partial charge in [-0.15, -0.1) is 0 Å². The van der Waals surface area contributed by atoms with Crippen molar-refractivity contribution < 1.29 is 9.72 Å². The lowest BCUT2D eigenvalue weighted by atomic mass is 10.2. The van der Waals surface area contributed by atoms with Crippen molar-refractivity contribution in [2.75, 3.05) is 28.6 Å². The van der Waals surface area contributed by atoms with Gasteiger partial charge in [0.15, 0.2) is 0 Å². The summed E-state index contributed by atoms with van der Waals surface area (Å²) < 4.78 is 0. The summed E-state index contributed by atoms with van der Waals surface area (Å²) in [5, 5.41) is 25.5. The van der Waals surface area contributed by atoms with E-state index < -0.39 is 10.8 Å². The van der Waals surface area contributed by atoms with Gasteiger partial charge in [0.25, 0.3) is 11.6 Å². The van der Waals surface area contributed by atoms with Gasteiger partial charge >= 0.3 is 0 Å². The molecule has 0 unspecified atom stereocenters. The van der Waals surface area contributed by atoms with E-state index in [2.05, 4.69) is 29.4 Å². The van der Waals surface area contributed by atoms with Crippen molar-refractivity contribution in [1.29, 1.82) is 5.26 Å². The molecule has 9 heteroatoms. The van der Waals surface area contributed by atoms with Gasteiger partial charge in [0.1, 0.15) is 16.7 Å². The number of nitro benzene ring substituents is 1. The smallest absolute Gasteiger partial charge is 0.289 e. The summed E-state index contributed by atoms with van der Waals surface area (Å²) in [7, 11) is 0. The molecule has 0 saturated carbocycles. The number of carbonyl (C=O) groups excluding carboxylic acids is 1. The van der Waals surface area contributed by atoms with Crippen LogP contribution in [-0.2, 0) is 4.79 Å². The molecule has 0 fully saturated rings. The average Bonchev–Trinajstić information content (AvgIpc) is 2.71. The van der Waals surface area contributed by atoms with Crippen LogP contribution < -0.4 is 15.5 Å². The monoisotopic (exact) mass is 413 g/mol. The number of amides is 1. The highest BCUT2D eigenvalue weighted by atomic mass is 35.5. The molecule has 0 aliphatic heterocycles. The Morgan fingerprint density at radius 2 is 1.83 bits per heavy atom. The number of hydrogen-bond acceptors (Lipinski definition) is 6. The molecule has 0 heterocycles. The Kier molecular flexibility index (Phi) is 7.57. The Hall–Kier alpha value is -3.57. The fourth-order valence-electron chi connectivity index (χ4n) is 2.59.